The Morgan fingerprint density at radius 3 is 1.65 bits per heavy atom. The number of benzene rings is 2. The molecule has 0 aliphatic heterocycles. The zero-order valence-corrected chi connectivity index (χ0v) is 18.9. The Balaban J connectivity index is 1.81. The van der Waals surface area contributed by atoms with Crippen LogP contribution >= 0.6 is 0 Å². The topological polar surface area (TPSA) is 35.5 Å². The highest BCUT2D eigenvalue weighted by Gasteiger charge is 2.21. The number of ether oxygens (including phenoxy) is 2. The third kappa shape index (κ3) is 6.58. The van der Waals surface area contributed by atoms with Gasteiger partial charge in [0.15, 0.2) is 5.78 Å². The molecule has 3 heteroatoms. The van der Waals surface area contributed by atoms with Crippen LogP contribution in [0.3, 0.4) is 0 Å². The molecule has 0 bridgehead atoms. The van der Waals surface area contributed by atoms with E-state index in [1.165, 1.54) is 0 Å². The minimum atomic E-state index is 0.137. The van der Waals surface area contributed by atoms with Gasteiger partial charge in [-0.15, -0.1) is 0 Å². The minimum Gasteiger partial charge on any atom is -0.493 e. The van der Waals surface area contributed by atoms with Gasteiger partial charge in [-0.1, -0.05) is 63.1 Å². The predicted molar refractivity (Wildman–Crippen MR) is 129 cm³/mol. The molecule has 164 valence electrons. The number of allylic oxidation sites excluding steroid dienone is 2. The van der Waals surface area contributed by atoms with E-state index in [9.17, 15) is 4.79 Å². The van der Waals surface area contributed by atoms with Crippen molar-refractivity contribution in [2.75, 3.05) is 13.2 Å². The molecular formula is C28H34O3. The molecular weight excluding hydrogens is 384 g/mol. The Kier molecular flexibility index (Phi) is 8.96. The lowest BCUT2D eigenvalue weighted by Crippen LogP contribution is -2.12. The number of unbranched alkanes of at least 4 members (excludes halogenated alkanes) is 2. The van der Waals surface area contributed by atoms with Gasteiger partial charge in [0.05, 0.1) is 13.2 Å². The average molecular weight is 419 g/mol. The van der Waals surface area contributed by atoms with Crippen molar-refractivity contribution in [3.05, 3.63) is 70.8 Å². The minimum absolute atomic E-state index is 0.137. The van der Waals surface area contributed by atoms with Crippen LogP contribution in [0.4, 0.5) is 0 Å². The molecule has 0 N–H and O–H groups in total. The third-order valence-corrected chi connectivity index (χ3v) is 5.48. The van der Waals surface area contributed by atoms with E-state index >= 15 is 0 Å². The highest BCUT2D eigenvalue weighted by molar-refractivity contribution is 6.14. The van der Waals surface area contributed by atoms with Crippen LogP contribution in [0.1, 0.15) is 69.9 Å². The smallest absolute Gasteiger partial charge is 0.185 e. The van der Waals surface area contributed by atoms with Crippen LogP contribution in [0, 0.1) is 0 Å². The quantitative estimate of drug-likeness (QED) is 0.301. The van der Waals surface area contributed by atoms with E-state index < -0.39 is 0 Å². The van der Waals surface area contributed by atoms with Crippen molar-refractivity contribution in [3.63, 3.8) is 0 Å². The summed E-state index contributed by atoms with van der Waals surface area (Å²) < 4.78 is 11.9. The maximum atomic E-state index is 13.3. The fourth-order valence-corrected chi connectivity index (χ4v) is 3.67. The van der Waals surface area contributed by atoms with Crippen molar-refractivity contribution < 1.29 is 14.3 Å². The van der Waals surface area contributed by atoms with Gasteiger partial charge in [0.25, 0.3) is 0 Å². The summed E-state index contributed by atoms with van der Waals surface area (Å²) in [6.45, 7) is 5.70. The van der Waals surface area contributed by atoms with E-state index in [4.69, 9.17) is 9.47 Å². The van der Waals surface area contributed by atoms with Crippen LogP contribution in [0.2, 0.25) is 0 Å². The van der Waals surface area contributed by atoms with Gasteiger partial charge in [-0.05, 0) is 56.4 Å². The largest absolute Gasteiger partial charge is 0.493 e. The number of carbonyl (C=O) groups is 1. The molecule has 31 heavy (non-hydrogen) atoms. The standard InChI is InChI=1S/C28H34O3/c1-3-5-18-30-26-16-9-7-12-22(26)20-24-14-11-15-25(28(24)29)21-23-13-8-10-17-27(23)31-19-6-4-2/h7-10,12-13,16-17,20-21H,3-6,11,14-15,18-19H2,1-2H3/b24-20+,25-21+. The molecule has 0 unspecified atom stereocenters. The molecule has 3 nitrogen and oxygen atoms in total. The normalized spacial score (nSPS) is 16.6. The van der Waals surface area contributed by atoms with E-state index in [-0.39, 0.29) is 5.78 Å². The van der Waals surface area contributed by atoms with E-state index in [2.05, 4.69) is 13.8 Å². The molecule has 0 heterocycles. The number of ketones is 1. The number of hydrogen-bond acceptors (Lipinski definition) is 3. The number of carbonyl (C=O) groups excluding carboxylic acids is 1. The second-order valence-electron chi connectivity index (χ2n) is 8.00. The maximum Gasteiger partial charge on any atom is 0.185 e. The molecule has 1 fully saturated rings. The Morgan fingerprint density at radius 2 is 1.19 bits per heavy atom. The monoisotopic (exact) mass is 418 g/mol. The van der Waals surface area contributed by atoms with Crippen molar-refractivity contribution >= 4 is 17.9 Å². The summed E-state index contributed by atoms with van der Waals surface area (Å²) in [6, 6.07) is 16.0. The van der Waals surface area contributed by atoms with Crippen LogP contribution in [-0.4, -0.2) is 19.0 Å². The molecule has 1 aliphatic carbocycles. The van der Waals surface area contributed by atoms with Crippen LogP contribution < -0.4 is 9.47 Å². The summed E-state index contributed by atoms with van der Waals surface area (Å²) in [6.07, 6.45) is 10.8. The van der Waals surface area contributed by atoms with Crippen molar-refractivity contribution in [3.8, 4) is 11.5 Å². The van der Waals surface area contributed by atoms with Crippen molar-refractivity contribution in [1.29, 1.82) is 0 Å². The molecule has 0 atom stereocenters. The molecule has 0 spiro atoms. The fourth-order valence-electron chi connectivity index (χ4n) is 3.67. The third-order valence-electron chi connectivity index (χ3n) is 5.48. The maximum absolute atomic E-state index is 13.3. The van der Waals surface area contributed by atoms with Gasteiger partial charge in [-0.3, -0.25) is 4.79 Å². The summed E-state index contributed by atoms with van der Waals surface area (Å²) >= 11 is 0. The zero-order valence-electron chi connectivity index (χ0n) is 18.9. The van der Waals surface area contributed by atoms with Crippen molar-refractivity contribution in [1.82, 2.24) is 0 Å². The molecule has 2 aromatic carbocycles. The SMILES string of the molecule is CCCCOc1ccccc1/C=C1\CCC/C(=C\c2ccccc2OCCCC)C1=O. The predicted octanol–water partition coefficient (Wildman–Crippen LogP) is 7.26. The van der Waals surface area contributed by atoms with Gasteiger partial charge in [-0.25, -0.2) is 0 Å². The molecule has 1 aliphatic rings. The first-order valence-electron chi connectivity index (χ1n) is 11.6. The van der Waals surface area contributed by atoms with Gasteiger partial charge in [-0.2, -0.15) is 0 Å². The summed E-state index contributed by atoms with van der Waals surface area (Å²) in [5, 5.41) is 0. The molecule has 0 radical (unpaired) electrons. The number of Topliss-reactive ketones (excluding diaryl/α,β-unsaturated/α-hetero) is 1. The van der Waals surface area contributed by atoms with Crippen LogP contribution in [0.15, 0.2) is 59.7 Å². The van der Waals surface area contributed by atoms with E-state index in [0.29, 0.717) is 13.2 Å². The summed E-state index contributed by atoms with van der Waals surface area (Å²) in [4.78, 5) is 13.3. The lowest BCUT2D eigenvalue weighted by Gasteiger charge is -2.18. The molecule has 0 saturated heterocycles. The first-order chi connectivity index (χ1) is 15.2. The Morgan fingerprint density at radius 1 is 0.742 bits per heavy atom. The Hall–Kier alpha value is -2.81. The molecule has 2 aromatic rings. The number of hydrogen-bond donors (Lipinski definition) is 0. The van der Waals surface area contributed by atoms with Crippen LogP contribution in [0.5, 0.6) is 11.5 Å². The molecule has 3 rings (SSSR count). The summed E-state index contributed by atoms with van der Waals surface area (Å²) in [7, 11) is 0. The van der Waals surface area contributed by atoms with Gasteiger partial charge in [0.2, 0.25) is 0 Å². The van der Waals surface area contributed by atoms with E-state index in [1.54, 1.807) is 0 Å². The first-order valence-corrected chi connectivity index (χ1v) is 11.6. The summed E-state index contributed by atoms with van der Waals surface area (Å²) in [5.74, 6) is 1.84. The zero-order chi connectivity index (χ0) is 21.9. The Bertz CT molecular complexity index is 850. The second-order valence-corrected chi connectivity index (χ2v) is 8.00. The van der Waals surface area contributed by atoms with E-state index in [1.807, 2.05) is 60.7 Å². The van der Waals surface area contributed by atoms with Gasteiger partial charge in [0, 0.05) is 22.3 Å². The van der Waals surface area contributed by atoms with Crippen LogP contribution in [-0.2, 0) is 4.79 Å². The van der Waals surface area contributed by atoms with Crippen molar-refractivity contribution in [2.24, 2.45) is 0 Å². The van der Waals surface area contributed by atoms with Gasteiger partial charge in [0.1, 0.15) is 11.5 Å². The fraction of sp³-hybridized carbons (Fsp3) is 0.393. The number of rotatable bonds is 10. The van der Waals surface area contributed by atoms with E-state index in [0.717, 1.165) is 78.7 Å². The summed E-state index contributed by atoms with van der Waals surface area (Å²) in [5.41, 5.74) is 3.67. The van der Waals surface area contributed by atoms with Crippen LogP contribution in [0.25, 0.3) is 12.2 Å². The second kappa shape index (κ2) is 12.1. The number of para-hydroxylation sites is 2. The van der Waals surface area contributed by atoms with Crippen molar-refractivity contribution in [2.45, 2.75) is 58.8 Å². The first kappa shape index (κ1) is 22.9. The molecule has 0 amide bonds. The Labute approximate surface area is 186 Å². The lowest BCUT2D eigenvalue weighted by molar-refractivity contribution is -0.112. The average Bonchev–Trinajstić information content (AvgIpc) is 2.79. The molecule has 1 saturated carbocycles. The lowest BCUT2D eigenvalue weighted by atomic mass is 9.86. The molecule has 0 aromatic heterocycles. The highest BCUT2D eigenvalue weighted by atomic mass is 16.5. The highest BCUT2D eigenvalue weighted by Crippen LogP contribution is 2.31. The van der Waals surface area contributed by atoms with Gasteiger partial charge < -0.3 is 9.47 Å². The van der Waals surface area contributed by atoms with Gasteiger partial charge >= 0.3 is 0 Å².